The van der Waals surface area contributed by atoms with Crippen LogP contribution >= 0.6 is 0 Å². The van der Waals surface area contributed by atoms with Crippen LogP contribution in [0, 0.1) is 5.82 Å². The van der Waals surface area contributed by atoms with Gasteiger partial charge in [-0.3, -0.25) is 0 Å². The van der Waals surface area contributed by atoms with Crippen LogP contribution in [-0.4, -0.2) is 20.7 Å². The maximum Gasteiger partial charge on any atom is 0.337 e. The largest absolute Gasteiger partial charge is 0.479 e. The molecule has 1 aromatic heterocycles. The van der Waals surface area contributed by atoms with Gasteiger partial charge in [0.25, 0.3) is 0 Å². The van der Waals surface area contributed by atoms with E-state index in [0.29, 0.717) is 10.9 Å². The molecule has 1 heterocycles. The molecule has 0 aliphatic carbocycles. The monoisotopic (exact) mass is 251 g/mol. The quantitative estimate of drug-likeness (QED) is 0.880. The highest BCUT2D eigenvalue weighted by molar-refractivity contribution is 5.89. The van der Waals surface area contributed by atoms with E-state index in [2.05, 4.69) is 0 Å². The highest BCUT2D eigenvalue weighted by Gasteiger charge is 2.22. The Morgan fingerprint density at radius 1 is 1.39 bits per heavy atom. The SMILES string of the molecule is CC(C)n1cc(C(O)C(=O)O)c2cc(F)ccc21. The van der Waals surface area contributed by atoms with Crippen LogP contribution in [0.3, 0.4) is 0 Å². The summed E-state index contributed by atoms with van der Waals surface area (Å²) in [6.07, 6.45) is -0.0811. The number of nitrogens with zero attached hydrogens (tertiary/aromatic N) is 1. The Morgan fingerprint density at radius 3 is 2.61 bits per heavy atom. The third-order valence-corrected chi connectivity index (χ3v) is 2.91. The first kappa shape index (κ1) is 12.6. The first-order valence-corrected chi connectivity index (χ1v) is 5.62. The van der Waals surface area contributed by atoms with Crippen molar-refractivity contribution in [3.05, 3.63) is 35.8 Å². The van der Waals surface area contributed by atoms with Crippen molar-refractivity contribution < 1.29 is 19.4 Å². The summed E-state index contributed by atoms with van der Waals surface area (Å²) in [5.74, 6) is -1.80. The average molecular weight is 251 g/mol. The minimum atomic E-state index is -1.64. The van der Waals surface area contributed by atoms with Crippen LogP contribution in [-0.2, 0) is 4.79 Å². The zero-order valence-corrected chi connectivity index (χ0v) is 10.1. The number of halogens is 1. The summed E-state index contributed by atoms with van der Waals surface area (Å²) in [6, 6.07) is 4.24. The number of aliphatic hydroxyl groups is 1. The number of aromatic nitrogens is 1. The Hall–Kier alpha value is -1.88. The van der Waals surface area contributed by atoms with Gasteiger partial charge in [0, 0.05) is 28.7 Å². The lowest BCUT2D eigenvalue weighted by Crippen LogP contribution is -2.10. The van der Waals surface area contributed by atoms with Gasteiger partial charge in [0.15, 0.2) is 6.10 Å². The van der Waals surface area contributed by atoms with Crippen molar-refractivity contribution in [2.24, 2.45) is 0 Å². The molecule has 1 atom stereocenters. The molecule has 96 valence electrons. The van der Waals surface area contributed by atoms with E-state index >= 15 is 0 Å². The van der Waals surface area contributed by atoms with E-state index in [1.807, 2.05) is 18.4 Å². The number of fused-ring (bicyclic) bond motifs is 1. The number of hydrogen-bond acceptors (Lipinski definition) is 2. The highest BCUT2D eigenvalue weighted by atomic mass is 19.1. The van der Waals surface area contributed by atoms with Crippen molar-refractivity contribution >= 4 is 16.9 Å². The van der Waals surface area contributed by atoms with E-state index in [1.54, 1.807) is 12.3 Å². The summed E-state index contributed by atoms with van der Waals surface area (Å²) >= 11 is 0. The van der Waals surface area contributed by atoms with Gasteiger partial charge in [0.05, 0.1) is 0 Å². The van der Waals surface area contributed by atoms with Crippen molar-refractivity contribution in [3.63, 3.8) is 0 Å². The molecule has 0 spiro atoms. The van der Waals surface area contributed by atoms with Crippen LogP contribution in [0.5, 0.6) is 0 Å². The lowest BCUT2D eigenvalue weighted by Gasteiger charge is -2.08. The molecule has 0 saturated carbocycles. The van der Waals surface area contributed by atoms with Gasteiger partial charge in [-0.05, 0) is 32.0 Å². The minimum Gasteiger partial charge on any atom is -0.479 e. The lowest BCUT2D eigenvalue weighted by molar-refractivity contribution is -0.146. The molecule has 0 amide bonds. The molecule has 0 bridgehead atoms. The van der Waals surface area contributed by atoms with Gasteiger partial charge in [-0.25, -0.2) is 9.18 Å². The van der Waals surface area contributed by atoms with Crippen LogP contribution in [0.15, 0.2) is 24.4 Å². The van der Waals surface area contributed by atoms with Crippen LogP contribution in [0.25, 0.3) is 10.9 Å². The zero-order valence-electron chi connectivity index (χ0n) is 10.1. The number of carbonyl (C=O) groups is 1. The zero-order chi connectivity index (χ0) is 13.4. The van der Waals surface area contributed by atoms with E-state index in [1.165, 1.54) is 12.1 Å². The average Bonchev–Trinajstić information content (AvgIpc) is 2.66. The molecule has 0 saturated heterocycles. The molecule has 2 aromatic rings. The third-order valence-electron chi connectivity index (χ3n) is 2.91. The summed E-state index contributed by atoms with van der Waals surface area (Å²) in [7, 11) is 0. The van der Waals surface area contributed by atoms with E-state index in [-0.39, 0.29) is 11.6 Å². The van der Waals surface area contributed by atoms with Crippen LogP contribution in [0.4, 0.5) is 4.39 Å². The van der Waals surface area contributed by atoms with Crippen molar-refractivity contribution in [1.82, 2.24) is 4.57 Å². The smallest absolute Gasteiger partial charge is 0.337 e. The van der Waals surface area contributed by atoms with Gasteiger partial charge >= 0.3 is 5.97 Å². The summed E-state index contributed by atoms with van der Waals surface area (Å²) in [4.78, 5) is 10.9. The second-order valence-corrected chi connectivity index (χ2v) is 4.49. The number of carboxylic acid groups (broad SMARTS) is 1. The van der Waals surface area contributed by atoms with Gasteiger partial charge in [0.2, 0.25) is 0 Å². The number of rotatable bonds is 3. The first-order chi connectivity index (χ1) is 8.41. The maximum absolute atomic E-state index is 13.3. The normalized spacial score (nSPS) is 13.2. The molecule has 0 aliphatic heterocycles. The van der Waals surface area contributed by atoms with Gasteiger partial charge < -0.3 is 14.8 Å². The van der Waals surface area contributed by atoms with E-state index < -0.39 is 17.9 Å². The summed E-state index contributed by atoms with van der Waals surface area (Å²) in [6.45, 7) is 3.86. The van der Waals surface area contributed by atoms with Crippen molar-refractivity contribution in [1.29, 1.82) is 0 Å². The number of aliphatic hydroxyl groups excluding tert-OH is 1. The molecule has 0 fully saturated rings. The van der Waals surface area contributed by atoms with Gasteiger partial charge in [-0.2, -0.15) is 0 Å². The van der Waals surface area contributed by atoms with Gasteiger partial charge in [0.1, 0.15) is 5.82 Å². The topological polar surface area (TPSA) is 62.5 Å². The minimum absolute atomic E-state index is 0.0905. The Labute approximate surface area is 103 Å². The summed E-state index contributed by atoms with van der Waals surface area (Å²) < 4.78 is 15.1. The van der Waals surface area contributed by atoms with Crippen molar-refractivity contribution in [2.45, 2.75) is 26.0 Å². The fraction of sp³-hybridized carbons (Fsp3) is 0.308. The van der Waals surface area contributed by atoms with E-state index in [0.717, 1.165) is 0 Å². The molecule has 2 rings (SSSR count). The Morgan fingerprint density at radius 2 is 2.06 bits per heavy atom. The van der Waals surface area contributed by atoms with Crippen molar-refractivity contribution in [2.75, 3.05) is 0 Å². The van der Waals surface area contributed by atoms with Crippen LogP contribution in [0.2, 0.25) is 0 Å². The second-order valence-electron chi connectivity index (χ2n) is 4.49. The molecule has 0 aliphatic rings. The number of carboxylic acids is 1. The van der Waals surface area contributed by atoms with Gasteiger partial charge in [-0.1, -0.05) is 0 Å². The number of benzene rings is 1. The van der Waals surface area contributed by atoms with Crippen molar-refractivity contribution in [3.8, 4) is 0 Å². The predicted molar refractivity (Wildman–Crippen MR) is 64.9 cm³/mol. The molecule has 1 unspecified atom stereocenters. The van der Waals surface area contributed by atoms with Gasteiger partial charge in [-0.15, -0.1) is 0 Å². The summed E-state index contributed by atoms with van der Waals surface area (Å²) in [5.41, 5.74) is 0.924. The Bertz CT molecular complexity index is 604. The van der Waals surface area contributed by atoms with E-state index in [9.17, 15) is 14.3 Å². The molecular formula is C13H14FNO3. The van der Waals surface area contributed by atoms with Crippen LogP contribution < -0.4 is 0 Å². The molecular weight excluding hydrogens is 237 g/mol. The predicted octanol–water partition coefficient (Wildman–Crippen LogP) is 2.48. The Balaban J connectivity index is 2.73. The molecule has 5 heteroatoms. The molecule has 4 nitrogen and oxygen atoms in total. The number of aliphatic carboxylic acids is 1. The Kier molecular flexibility index (Phi) is 3.09. The summed E-state index contributed by atoms with van der Waals surface area (Å²) in [5, 5.41) is 18.9. The van der Waals surface area contributed by atoms with Crippen LogP contribution in [0.1, 0.15) is 31.6 Å². The second kappa shape index (κ2) is 4.42. The highest BCUT2D eigenvalue weighted by Crippen LogP contribution is 2.29. The molecule has 1 aromatic carbocycles. The first-order valence-electron chi connectivity index (χ1n) is 5.62. The van der Waals surface area contributed by atoms with E-state index in [4.69, 9.17) is 5.11 Å². The molecule has 18 heavy (non-hydrogen) atoms. The standard InChI is InChI=1S/C13H14FNO3/c1-7(2)15-6-10(12(16)13(17)18)9-5-8(14)3-4-11(9)15/h3-7,12,16H,1-2H3,(H,17,18). The number of hydrogen-bond donors (Lipinski definition) is 2. The maximum atomic E-state index is 13.3. The molecule has 2 N–H and O–H groups in total. The third kappa shape index (κ3) is 1.97. The fourth-order valence-corrected chi connectivity index (χ4v) is 2.03. The fourth-order valence-electron chi connectivity index (χ4n) is 2.03. The lowest BCUT2D eigenvalue weighted by atomic mass is 10.1. The molecule has 0 radical (unpaired) electrons.